The van der Waals surface area contributed by atoms with Crippen LogP contribution < -0.4 is 5.32 Å². The first-order chi connectivity index (χ1) is 17.4. The van der Waals surface area contributed by atoms with E-state index in [0.29, 0.717) is 34.1 Å². The molecule has 10 nitrogen and oxygen atoms in total. The number of furan rings is 1. The van der Waals surface area contributed by atoms with Gasteiger partial charge in [0.2, 0.25) is 5.91 Å². The molecule has 0 aliphatic carbocycles. The van der Waals surface area contributed by atoms with Gasteiger partial charge in [0.15, 0.2) is 17.2 Å². The van der Waals surface area contributed by atoms with Crippen molar-refractivity contribution in [1.29, 1.82) is 0 Å². The molecule has 6 aromatic rings. The van der Waals surface area contributed by atoms with Crippen LogP contribution in [0.2, 0.25) is 0 Å². The molecule has 0 atom stereocenters. The van der Waals surface area contributed by atoms with E-state index in [1.54, 1.807) is 31.1 Å². The van der Waals surface area contributed by atoms with Crippen molar-refractivity contribution in [3.8, 4) is 33.9 Å². The Labute approximate surface area is 205 Å². The van der Waals surface area contributed by atoms with Gasteiger partial charge >= 0.3 is 0 Å². The summed E-state index contributed by atoms with van der Waals surface area (Å²) in [5.41, 5.74) is 6.76. The summed E-state index contributed by atoms with van der Waals surface area (Å²) in [6.07, 6.45) is 8.35. The Morgan fingerprint density at radius 3 is 2.75 bits per heavy atom. The average Bonchev–Trinajstić information content (AvgIpc) is 3.62. The van der Waals surface area contributed by atoms with E-state index >= 15 is 0 Å². The summed E-state index contributed by atoms with van der Waals surface area (Å²) in [5, 5.41) is 10.4. The third kappa shape index (κ3) is 3.78. The number of fused-ring (bicyclic) bond motifs is 2. The second kappa shape index (κ2) is 8.12. The van der Waals surface area contributed by atoms with Gasteiger partial charge in [-0.05, 0) is 30.3 Å². The van der Waals surface area contributed by atoms with Crippen LogP contribution >= 0.6 is 0 Å². The van der Waals surface area contributed by atoms with Gasteiger partial charge in [-0.25, -0.2) is 15.0 Å². The summed E-state index contributed by atoms with van der Waals surface area (Å²) < 4.78 is 5.25. The van der Waals surface area contributed by atoms with Crippen molar-refractivity contribution in [1.82, 2.24) is 35.1 Å². The maximum atomic E-state index is 12.4. The van der Waals surface area contributed by atoms with Crippen LogP contribution in [0.15, 0.2) is 65.9 Å². The quantitative estimate of drug-likeness (QED) is 0.316. The number of nitrogens with one attached hydrogen (secondary N) is 3. The molecule has 6 aromatic heterocycles. The zero-order valence-corrected chi connectivity index (χ0v) is 19.8. The fourth-order valence-corrected chi connectivity index (χ4v) is 3.87. The minimum absolute atomic E-state index is 0.0877. The van der Waals surface area contributed by atoms with Crippen molar-refractivity contribution in [3.05, 3.63) is 61.4 Å². The molecule has 3 N–H and O–H groups in total. The number of H-pyrrole nitrogens is 2. The Bertz CT molecular complexity index is 1720. The van der Waals surface area contributed by atoms with Crippen LogP contribution in [0.3, 0.4) is 0 Å². The van der Waals surface area contributed by atoms with Gasteiger partial charge in [0.05, 0.1) is 41.1 Å². The Morgan fingerprint density at radius 1 is 1.06 bits per heavy atom. The first kappa shape index (κ1) is 21.7. The molecule has 6 rings (SSSR count). The monoisotopic (exact) mass is 478 g/mol. The lowest BCUT2D eigenvalue weighted by molar-refractivity contribution is -0.123. The molecule has 0 aromatic carbocycles. The average molecular weight is 479 g/mol. The summed E-state index contributed by atoms with van der Waals surface area (Å²) in [7, 11) is 0. The molecule has 0 spiro atoms. The van der Waals surface area contributed by atoms with Crippen molar-refractivity contribution in [2.75, 3.05) is 5.32 Å². The van der Waals surface area contributed by atoms with Crippen LogP contribution in [-0.2, 0) is 4.79 Å². The Kier molecular flexibility index (Phi) is 4.89. The van der Waals surface area contributed by atoms with E-state index in [1.807, 2.05) is 51.1 Å². The zero-order chi connectivity index (χ0) is 24.9. The van der Waals surface area contributed by atoms with E-state index in [4.69, 9.17) is 9.40 Å². The Balaban J connectivity index is 1.40. The highest BCUT2D eigenvalue weighted by atomic mass is 16.3. The Hall–Kier alpha value is -4.86. The lowest BCUT2D eigenvalue weighted by Crippen LogP contribution is -2.27. The van der Waals surface area contributed by atoms with Gasteiger partial charge in [0.1, 0.15) is 5.52 Å². The van der Waals surface area contributed by atoms with Gasteiger partial charge in [-0.15, -0.1) is 0 Å². The van der Waals surface area contributed by atoms with Gasteiger partial charge in [0.25, 0.3) is 0 Å². The molecule has 0 unspecified atom stereocenters. The first-order valence-corrected chi connectivity index (χ1v) is 11.4. The standard InChI is InChI=1S/C26H22N8O2/c1-26(2,3)25(35)29-16-10-15(11-27-12-16)18-4-5-19-21(30-18)22(34-33-19)24-31-20-17(14-7-9-36-13-14)6-8-28-23(20)32-24/h4-13H,1-3H3,(H,29,35)(H,33,34)(H,28,31,32). The molecule has 1 amide bonds. The van der Waals surface area contributed by atoms with Crippen molar-refractivity contribution in [2.45, 2.75) is 20.8 Å². The van der Waals surface area contributed by atoms with Crippen molar-refractivity contribution < 1.29 is 9.21 Å². The fraction of sp³-hybridized carbons (Fsp3) is 0.154. The lowest BCUT2D eigenvalue weighted by Gasteiger charge is -2.17. The van der Waals surface area contributed by atoms with Crippen molar-refractivity contribution >= 4 is 33.8 Å². The number of carbonyl (C=O) groups excluding carboxylic acids is 1. The molecular formula is C26H22N8O2. The number of amides is 1. The number of pyridine rings is 3. The van der Waals surface area contributed by atoms with E-state index in [9.17, 15) is 4.79 Å². The minimum atomic E-state index is -0.516. The molecule has 178 valence electrons. The molecule has 6 heterocycles. The highest BCUT2D eigenvalue weighted by Crippen LogP contribution is 2.31. The van der Waals surface area contributed by atoms with Gasteiger partial charge in [0, 0.05) is 34.5 Å². The fourth-order valence-electron chi connectivity index (χ4n) is 3.87. The third-order valence-corrected chi connectivity index (χ3v) is 5.83. The van der Waals surface area contributed by atoms with Crippen molar-refractivity contribution in [3.63, 3.8) is 0 Å². The normalized spacial score (nSPS) is 11.9. The van der Waals surface area contributed by atoms with Gasteiger partial charge in [-0.2, -0.15) is 5.10 Å². The molecule has 0 saturated carbocycles. The predicted octanol–water partition coefficient (Wildman–Crippen LogP) is 5.20. The first-order valence-electron chi connectivity index (χ1n) is 11.4. The van der Waals surface area contributed by atoms with Crippen LogP contribution in [-0.4, -0.2) is 41.0 Å². The molecule has 0 fully saturated rings. The summed E-state index contributed by atoms with van der Waals surface area (Å²) in [6, 6.07) is 9.44. The molecule has 0 aliphatic rings. The summed E-state index contributed by atoms with van der Waals surface area (Å²) >= 11 is 0. The number of aromatic nitrogens is 7. The number of rotatable bonds is 4. The van der Waals surface area contributed by atoms with E-state index in [1.165, 1.54) is 0 Å². The molecule has 10 heteroatoms. The summed E-state index contributed by atoms with van der Waals surface area (Å²) in [6.45, 7) is 5.59. The number of carbonyl (C=O) groups is 1. The highest BCUT2D eigenvalue weighted by Gasteiger charge is 2.22. The number of nitrogens with zero attached hydrogens (tertiary/aromatic N) is 5. The maximum absolute atomic E-state index is 12.4. The van der Waals surface area contributed by atoms with E-state index in [2.05, 4.69) is 35.5 Å². The van der Waals surface area contributed by atoms with Crippen molar-refractivity contribution in [2.24, 2.45) is 5.41 Å². The second-order valence-electron chi connectivity index (χ2n) is 9.49. The minimum Gasteiger partial charge on any atom is -0.472 e. The smallest absolute Gasteiger partial charge is 0.229 e. The van der Waals surface area contributed by atoms with Gasteiger partial charge in [-0.3, -0.25) is 14.9 Å². The van der Waals surface area contributed by atoms with Crippen LogP contribution in [0.4, 0.5) is 5.69 Å². The molecular weight excluding hydrogens is 456 g/mol. The number of imidazole rings is 1. The lowest BCUT2D eigenvalue weighted by atomic mass is 9.95. The van der Waals surface area contributed by atoms with Crippen LogP contribution in [0.25, 0.3) is 56.1 Å². The number of hydrogen-bond donors (Lipinski definition) is 3. The third-order valence-electron chi connectivity index (χ3n) is 5.83. The Morgan fingerprint density at radius 2 is 1.94 bits per heavy atom. The molecule has 0 radical (unpaired) electrons. The highest BCUT2D eigenvalue weighted by molar-refractivity contribution is 5.96. The zero-order valence-electron chi connectivity index (χ0n) is 19.8. The van der Waals surface area contributed by atoms with Crippen LogP contribution in [0.5, 0.6) is 0 Å². The van der Waals surface area contributed by atoms with Gasteiger partial charge in [-0.1, -0.05) is 20.8 Å². The van der Waals surface area contributed by atoms with Gasteiger partial charge < -0.3 is 14.7 Å². The molecule has 36 heavy (non-hydrogen) atoms. The number of hydrogen-bond acceptors (Lipinski definition) is 7. The number of anilines is 1. The maximum Gasteiger partial charge on any atom is 0.229 e. The molecule has 0 saturated heterocycles. The molecule has 0 bridgehead atoms. The van der Waals surface area contributed by atoms with Crippen LogP contribution in [0, 0.1) is 5.41 Å². The predicted molar refractivity (Wildman–Crippen MR) is 136 cm³/mol. The summed E-state index contributed by atoms with van der Waals surface area (Å²) in [4.78, 5) is 34.0. The van der Waals surface area contributed by atoms with E-state index in [-0.39, 0.29) is 5.91 Å². The van der Waals surface area contributed by atoms with Crippen LogP contribution in [0.1, 0.15) is 20.8 Å². The largest absolute Gasteiger partial charge is 0.472 e. The summed E-state index contributed by atoms with van der Waals surface area (Å²) in [5.74, 6) is 0.462. The molecule has 0 aliphatic heterocycles. The SMILES string of the molecule is CC(C)(C)C(=O)Nc1cncc(-c2ccc3[nH]nc(-c4nc5nccc(-c6ccoc6)c5[nH]4)c3n2)c1. The van der Waals surface area contributed by atoms with E-state index < -0.39 is 5.41 Å². The number of aromatic amines is 2. The topological polar surface area (TPSA) is 138 Å². The van der Waals surface area contributed by atoms with E-state index in [0.717, 1.165) is 27.7 Å². The second-order valence-corrected chi connectivity index (χ2v) is 9.49.